The zero-order chi connectivity index (χ0) is 13.6. The Morgan fingerprint density at radius 1 is 1.42 bits per heavy atom. The molecule has 0 saturated heterocycles. The van der Waals surface area contributed by atoms with Gasteiger partial charge in [0.1, 0.15) is 5.82 Å². The standard InChI is InChI=1S/C11H7ClFN3OS2/c12-6-1-8-9(2-7(6)13)16(10(18)15-8)3-5-4-19-11(17)14-5/h1-2,4H,3H2,(H,14,17)(H,15,18). The Labute approximate surface area is 120 Å². The van der Waals surface area contributed by atoms with Crippen LogP contribution in [0.15, 0.2) is 22.3 Å². The lowest BCUT2D eigenvalue weighted by molar-refractivity contribution is 0.628. The van der Waals surface area contributed by atoms with Gasteiger partial charge >= 0.3 is 4.87 Å². The van der Waals surface area contributed by atoms with Crippen LogP contribution in [-0.2, 0) is 6.54 Å². The predicted molar refractivity (Wildman–Crippen MR) is 76.1 cm³/mol. The largest absolute Gasteiger partial charge is 0.331 e. The number of hydrogen-bond donors (Lipinski definition) is 2. The van der Waals surface area contributed by atoms with Crippen LogP contribution in [0.2, 0.25) is 5.02 Å². The summed E-state index contributed by atoms with van der Waals surface area (Å²) in [4.78, 5) is 16.6. The summed E-state index contributed by atoms with van der Waals surface area (Å²) in [6.07, 6.45) is 0. The van der Waals surface area contributed by atoms with Gasteiger partial charge in [0.15, 0.2) is 4.77 Å². The fourth-order valence-corrected chi connectivity index (χ4v) is 2.88. The first-order valence-electron chi connectivity index (χ1n) is 5.29. The Morgan fingerprint density at radius 2 is 2.21 bits per heavy atom. The summed E-state index contributed by atoms with van der Waals surface area (Å²) in [6, 6.07) is 2.82. The predicted octanol–water partition coefficient (Wildman–Crippen LogP) is 3.29. The molecule has 0 fully saturated rings. The Balaban J connectivity index is 2.17. The van der Waals surface area contributed by atoms with E-state index in [0.29, 0.717) is 22.3 Å². The highest BCUT2D eigenvalue weighted by Gasteiger charge is 2.10. The molecule has 3 rings (SSSR count). The number of thiazole rings is 1. The average Bonchev–Trinajstić information content (AvgIpc) is 2.87. The molecule has 0 spiro atoms. The summed E-state index contributed by atoms with van der Waals surface area (Å²) < 4.78 is 15.7. The van der Waals surface area contributed by atoms with Crippen molar-refractivity contribution >= 4 is 46.2 Å². The van der Waals surface area contributed by atoms with Gasteiger partial charge in [-0.2, -0.15) is 0 Å². The highest BCUT2D eigenvalue weighted by Crippen LogP contribution is 2.23. The molecular weight excluding hydrogens is 309 g/mol. The molecule has 2 heterocycles. The van der Waals surface area contributed by atoms with Gasteiger partial charge in [-0.05, 0) is 18.3 Å². The number of aromatic amines is 2. The van der Waals surface area contributed by atoms with Crippen molar-refractivity contribution in [2.45, 2.75) is 6.54 Å². The van der Waals surface area contributed by atoms with Crippen molar-refractivity contribution in [2.24, 2.45) is 0 Å². The number of H-pyrrole nitrogens is 2. The number of fused-ring (bicyclic) bond motifs is 1. The fraction of sp³-hybridized carbons (Fsp3) is 0.0909. The topological polar surface area (TPSA) is 53.6 Å². The van der Waals surface area contributed by atoms with E-state index < -0.39 is 5.82 Å². The lowest BCUT2D eigenvalue weighted by Gasteiger charge is -2.02. The summed E-state index contributed by atoms with van der Waals surface area (Å²) in [5, 5.41) is 1.76. The van der Waals surface area contributed by atoms with Gasteiger partial charge in [-0.25, -0.2) is 4.39 Å². The van der Waals surface area contributed by atoms with Crippen LogP contribution in [0.1, 0.15) is 5.69 Å². The molecule has 0 saturated carbocycles. The zero-order valence-corrected chi connectivity index (χ0v) is 11.8. The van der Waals surface area contributed by atoms with Crippen molar-refractivity contribution in [3.8, 4) is 0 Å². The Bertz CT molecular complexity index is 876. The van der Waals surface area contributed by atoms with Gasteiger partial charge < -0.3 is 14.5 Å². The zero-order valence-electron chi connectivity index (χ0n) is 9.37. The maximum absolute atomic E-state index is 13.5. The molecule has 2 N–H and O–H groups in total. The van der Waals surface area contributed by atoms with E-state index in [1.54, 1.807) is 9.95 Å². The maximum atomic E-state index is 13.5. The van der Waals surface area contributed by atoms with E-state index in [9.17, 15) is 9.18 Å². The average molecular weight is 316 g/mol. The number of hydrogen-bond acceptors (Lipinski definition) is 3. The molecule has 0 aliphatic rings. The van der Waals surface area contributed by atoms with Crippen molar-refractivity contribution < 1.29 is 4.39 Å². The first-order chi connectivity index (χ1) is 9.04. The van der Waals surface area contributed by atoms with Crippen LogP contribution in [0, 0.1) is 10.6 Å². The van der Waals surface area contributed by atoms with Crippen LogP contribution in [0.3, 0.4) is 0 Å². The van der Waals surface area contributed by atoms with Gasteiger partial charge in [0.2, 0.25) is 0 Å². The van der Waals surface area contributed by atoms with Crippen molar-refractivity contribution in [1.82, 2.24) is 14.5 Å². The second-order valence-corrected chi connectivity index (χ2v) is 5.61. The molecule has 19 heavy (non-hydrogen) atoms. The number of imidazole rings is 1. The molecule has 0 amide bonds. The second kappa shape index (κ2) is 4.59. The summed E-state index contributed by atoms with van der Waals surface area (Å²) in [6.45, 7) is 0.374. The molecule has 0 bridgehead atoms. The highest BCUT2D eigenvalue weighted by atomic mass is 35.5. The quantitative estimate of drug-likeness (QED) is 0.713. The summed E-state index contributed by atoms with van der Waals surface area (Å²) in [5.74, 6) is -0.504. The van der Waals surface area contributed by atoms with E-state index in [2.05, 4.69) is 9.97 Å². The number of aromatic nitrogens is 3. The number of halogens is 2. The van der Waals surface area contributed by atoms with Crippen LogP contribution in [0.5, 0.6) is 0 Å². The van der Waals surface area contributed by atoms with Crippen molar-refractivity contribution in [3.63, 3.8) is 0 Å². The molecule has 1 aromatic carbocycles. The molecule has 98 valence electrons. The van der Waals surface area contributed by atoms with Gasteiger partial charge in [0, 0.05) is 17.1 Å². The van der Waals surface area contributed by atoms with E-state index >= 15 is 0 Å². The smallest absolute Gasteiger partial charge is 0.304 e. The van der Waals surface area contributed by atoms with E-state index in [-0.39, 0.29) is 9.90 Å². The molecule has 0 aliphatic heterocycles. The molecule has 3 aromatic rings. The minimum absolute atomic E-state index is 0.0415. The Morgan fingerprint density at radius 3 is 2.89 bits per heavy atom. The van der Waals surface area contributed by atoms with E-state index in [0.717, 1.165) is 17.0 Å². The number of benzene rings is 1. The SMILES string of the molecule is O=c1[nH]c(Cn2c(=S)[nH]c3cc(Cl)c(F)cc32)cs1. The molecule has 0 radical (unpaired) electrons. The van der Waals surface area contributed by atoms with E-state index in [1.807, 2.05) is 0 Å². The first-order valence-corrected chi connectivity index (χ1v) is 6.95. The summed E-state index contributed by atoms with van der Waals surface area (Å²) >= 11 is 12.0. The lowest BCUT2D eigenvalue weighted by atomic mass is 10.3. The Kier molecular flexibility index (Phi) is 3.04. The second-order valence-electron chi connectivity index (χ2n) is 3.97. The van der Waals surface area contributed by atoms with E-state index in [1.165, 1.54) is 12.1 Å². The molecule has 0 unspecified atom stereocenters. The molecule has 2 aromatic heterocycles. The minimum atomic E-state index is -0.504. The fourth-order valence-electron chi connectivity index (χ4n) is 1.87. The third-order valence-electron chi connectivity index (χ3n) is 2.72. The van der Waals surface area contributed by atoms with Crippen molar-refractivity contribution in [2.75, 3.05) is 0 Å². The summed E-state index contributed by atoms with van der Waals surface area (Å²) in [5.41, 5.74) is 2.00. The first kappa shape index (κ1) is 12.6. The molecular formula is C11H7ClFN3OS2. The molecule has 0 aliphatic carbocycles. The lowest BCUT2D eigenvalue weighted by Crippen LogP contribution is -2.03. The summed E-state index contributed by atoms with van der Waals surface area (Å²) in [7, 11) is 0. The monoisotopic (exact) mass is 315 g/mol. The van der Waals surface area contributed by atoms with Gasteiger partial charge in [-0.15, -0.1) is 0 Å². The van der Waals surface area contributed by atoms with Crippen LogP contribution >= 0.6 is 35.2 Å². The van der Waals surface area contributed by atoms with Crippen molar-refractivity contribution in [3.05, 3.63) is 48.5 Å². The van der Waals surface area contributed by atoms with E-state index in [4.69, 9.17) is 23.8 Å². The molecule has 8 heteroatoms. The van der Waals surface area contributed by atoms with Gasteiger partial charge in [0.05, 0.1) is 22.6 Å². The van der Waals surface area contributed by atoms with Gasteiger partial charge in [-0.3, -0.25) is 4.79 Å². The van der Waals surface area contributed by atoms with Crippen LogP contribution in [-0.4, -0.2) is 14.5 Å². The van der Waals surface area contributed by atoms with Crippen LogP contribution in [0.4, 0.5) is 4.39 Å². The van der Waals surface area contributed by atoms with Crippen LogP contribution in [0.25, 0.3) is 11.0 Å². The van der Waals surface area contributed by atoms with Crippen LogP contribution < -0.4 is 4.87 Å². The molecule has 0 atom stereocenters. The highest BCUT2D eigenvalue weighted by molar-refractivity contribution is 7.71. The number of nitrogens with one attached hydrogen (secondary N) is 2. The third-order valence-corrected chi connectivity index (χ3v) is 4.05. The third kappa shape index (κ3) is 2.24. The van der Waals surface area contributed by atoms with Gasteiger partial charge in [-0.1, -0.05) is 22.9 Å². The maximum Gasteiger partial charge on any atom is 0.304 e. The Hall–Kier alpha value is -1.44. The number of rotatable bonds is 2. The normalized spacial score (nSPS) is 11.3. The molecule has 4 nitrogen and oxygen atoms in total. The van der Waals surface area contributed by atoms with Crippen molar-refractivity contribution in [1.29, 1.82) is 0 Å². The van der Waals surface area contributed by atoms with Gasteiger partial charge in [0.25, 0.3) is 0 Å². The number of nitrogens with zero attached hydrogens (tertiary/aromatic N) is 1. The minimum Gasteiger partial charge on any atom is -0.331 e.